The average Bonchev–Trinajstić information content (AvgIpc) is 3.17. The first kappa shape index (κ1) is 19.6. The fourth-order valence-electron chi connectivity index (χ4n) is 3.78. The molecule has 3 heterocycles. The van der Waals surface area contributed by atoms with Crippen LogP contribution in [-0.4, -0.2) is 52.1 Å². The van der Waals surface area contributed by atoms with Crippen molar-refractivity contribution in [1.82, 2.24) is 19.9 Å². The summed E-state index contributed by atoms with van der Waals surface area (Å²) in [5.41, 5.74) is 3.15. The highest BCUT2D eigenvalue weighted by Gasteiger charge is 2.21. The zero-order valence-corrected chi connectivity index (χ0v) is 17.6. The van der Waals surface area contributed by atoms with Gasteiger partial charge in [0.15, 0.2) is 6.39 Å². The monoisotopic (exact) mass is 395 g/mol. The molecule has 0 spiro atoms. The van der Waals surface area contributed by atoms with E-state index in [1.807, 2.05) is 13.8 Å². The van der Waals surface area contributed by atoms with Gasteiger partial charge in [-0.1, -0.05) is 13.8 Å². The number of hydrogen-bond acceptors (Lipinski definition) is 7. The lowest BCUT2D eigenvalue weighted by atomic mass is 10.1. The molecule has 0 radical (unpaired) electrons. The molecule has 1 aliphatic heterocycles. The van der Waals surface area contributed by atoms with Crippen LogP contribution in [0.5, 0.6) is 5.88 Å². The van der Waals surface area contributed by atoms with Crippen LogP contribution in [0.4, 0.5) is 5.69 Å². The third-order valence-electron chi connectivity index (χ3n) is 5.24. The van der Waals surface area contributed by atoms with E-state index in [1.165, 1.54) is 5.69 Å². The molecule has 2 aromatic heterocycles. The smallest absolute Gasteiger partial charge is 0.224 e. The molecule has 4 rings (SSSR count). The molecule has 0 saturated carbocycles. The Bertz CT molecular complexity index is 961. The summed E-state index contributed by atoms with van der Waals surface area (Å²) in [6.45, 7) is 13.1. The van der Waals surface area contributed by atoms with E-state index in [2.05, 4.69) is 56.8 Å². The standard InChI is InChI=1S/C22H29N5O2/c1-15(2)21-20(25-14-28-21)12-26-7-9-27(10-8-26)17-5-6-19-18(11-17)22(24-13-23-19)29-16(3)4/h5-6,11,13-16H,7-10,12H2,1-4H3. The molecule has 0 aliphatic carbocycles. The summed E-state index contributed by atoms with van der Waals surface area (Å²) >= 11 is 0. The zero-order chi connectivity index (χ0) is 20.4. The first-order chi connectivity index (χ1) is 14.0. The summed E-state index contributed by atoms with van der Waals surface area (Å²) < 4.78 is 11.4. The molecule has 1 aromatic carbocycles. The second-order valence-corrected chi connectivity index (χ2v) is 8.13. The average molecular weight is 396 g/mol. The molecule has 3 aromatic rings. The van der Waals surface area contributed by atoms with E-state index in [9.17, 15) is 0 Å². The van der Waals surface area contributed by atoms with Gasteiger partial charge in [-0.15, -0.1) is 0 Å². The number of hydrogen-bond donors (Lipinski definition) is 0. The van der Waals surface area contributed by atoms with Gasteiger partial charge >= 0.3 is 0 Å². The van der Waals surface area contributed by atoms with Crippen LogP contribution in [-0.2, 0) is 6.54 Å². The second-order valence-electron chi connectivity index (χ2n) is 8.13. The molecular weight excluding hydrogens is 366 g/mol. The number of nitrogens with zero attached hydrogens (tertiary/aromatic N) is 5. The Kier molecular flexibility index (Phi) is 5.67. The van der Waals surface area contributed by atoms with E-state index in [0.717, 1.165) is 55.1 Å². The minimum Gasteiger partial charge on any atom is -0.474 e. The molecular formula is C22H29N5O2. The molecule has 7 heteroatoms. The molecule has 154 valence electrons. The summed E-state index contributed by atoms with van der Waals surface area (Å²) in [6, 6.07) is 6.34. The Hall–Kier alpha value is -2.67. The van der Waals surface area contributed by atoms with Crippen LogP contribution in [0.3, 0.4) is 0 Å². The van der Waals surface area contributed by atoms with Gasteiger partial charge in [0.25, 0.3) is 0 Å². The molecule has 0 unspecified atom stereocenters. The number of fused-ring (bicyclic) bond motifs is 1. The van der Waals surface area contributed by atoms with Gasteiger partial charge in [0.1, 0.15) is 12.1 Å². The molecule has 1 fully saturated rings. The Morgan fingerprint density at radius 3 is 2.55 bits per heavy atom. The molecule has 0 amide bonds. The van der Waals surface area contributed by atoms with E-state index in [1.54, 1.807) is 12.7 Å². The minimum absolute atomic E-state index is 0.0764. The van der Waals surface area contributed by atoms with E-state index in [4.69, 9.17) is 9.15 Å². The third-order valence-corrected chi connectivity index (χ3v) is 5.24. The second kappa shape index (κ2) is 8.37. The van der Waals surface area contributed by atoms with Crippen LogP contribution >= 0.6 is 0 Å². The third kappa shape index (κ3) is 4.34. The van der Waals surface area contributed by atoms with Gasteiger partial charge in [0.2, 0.25) is 5.88 Å². The molecule has 0 N–H and O–H groups in total. The summed E-state index contributed by atoms with van der Waals surface area (Å²) in [4.78, 5) is 18.0. The molecule has 29 heavy (non-hydrogen) atoms. The van der Waals surface area contributed by atoms with Crippen LogP contribution in [0.2, 0.25) is 0 Å². The maximum atomic E-state index is 5.88. The minimum atomic E-state index is 0.0764. The fraction of sp³-hybridized carbons (Fsp3) is 0.500. The number of oxazole rings is 1. The Morgan fingerprint density at radius 1 is 1.03 bits per heavy atom. The number of ether oxygens (including phenoxy) is 1. The van der Waals surface area contributed by atoms with Crippen LogP contribution in [0, 0.1) is 0 Å². The summed E-state index contributed by atoms with van der Waals surface area (Å²) in [6.07, 6.45) is 3.20. The highest BCUT2D eigenvalue weighted by atomic mass is 16.5. The quantitative estimate of drug-likeness (QED) is 0.628. The van der Waals surface area contributed by atoms with Crippen molar-refractivity contribution in [2.45, 2.75) is 46.3 Å². The van der Waals surface area contributed by atoms with Gasteiger partial charge in [-0.05, 0) is 32.0 Å². The lowest BCUT2D eigenvalue weighted by Gasteiger charge is -2.36. The Morgan fingerprint density at radius 2 is 1.83 bits per heavy atom. The summed E-state index contributed by atoms with van der Waals surface area (Å²) in [5, 5.41) is 0.963. The molecule has 0 bridgehead atoms. The van der Waals surface area contributed by atoms with E-state index < -0.39 is 0 Å². The fourth-order valence-corrected chi connectivity index (χ4v) is 3.78. The van der Waals surface area contributed by atoms with Crippen molar-refractivity contribution in [3.8, 4) is 5.88 Å². The number of piperazine rings is 1. The number of benzene rings is 1. The van der Waals surface area contributed by atoms with Crippen LogP contribution < -0.4 is 9.64 Å². The van der Waals surface area contributed by atoms with Crippen LogP contribution in [0.25, 0.3) is 10.9 Å². The van der Waals surface area contributed by atoms with Gasteiger partial charge < -0.3 is 14.1 Å². The predicted molar refractivity (Wildman–Crippen MR) is 113 cm³/mol. The lowest BCUT2D eigenvalue weighted by molar-refractivity contribution is 0.235. The van der Waals surface area contributed by atoms with Crippen LogP contribution in [0.1, 0.15) is 45.1 Å². The van der Waals surface area contributed by atoms with Crippen molar-refractivity contribution in [1.29, 1.82) is 0 Å². The number of rotatable bonds is 6. The maximum absolute atomic E-state index is 5.88. The first-order valence-corrected chi connectivity index (χ1v) is 10.3. The number of anilines is 1. The zero-order valence-electron chi connectivity index (χ0n) is 17.6. The van der Waals surface area contributed by atoms with Crippen molar-refractivity contribution in [2.24, 2.45) is 0 Å². The lowest BCUT2D eigenvalue weighted by Crippen LogP contribution is -2.46. The Balaban J connectivity index is 1.45. The summed E-state index contributed by atoms with van der Waals surface area (Å²) in [7, 11) is 0. The van der Waals surface area contributed by atoms with Gasteiger partial charge in [0, 0.05) is 44.3 Å². The highest BCUT2D eigenvalue weighted by Crippen LogP contribution is 2.28. The van der Waals surface area contributed by atoms with Crippen molar-refractivity contribution in [3.05, 3.63) is 42.4 Å². The first-order valence-electron chi connectivity index (χ1n) is 10.3. The van der Waals surface area contributed by atoms with E-state index in [-0.39, 0.29) is 6.10 Å². The topological polar surface area (TPSA) is 67.5 Å². The van der Waals surface area contributed by atoms with E-state index in [0.29, 0.717) is 11.8 Å². The van der Waals surface area contributed by atoms with Crippen molar-refractivity contribution in [2.75, 3.05) is 31.1 Å². The van der Waals surface area contributed by atoms with Gasteiger partial charge in [-0.2, -0.15) is 0 Å². The summed E-state index contributed by atoms with van der Waals surface area (Å²) in [5.74, 6) is 2.01. The van der Waals surface area contributed by atoms with Crippen molar-refractivity contribution < 1.29 is 9.15 Å². The van der Waals surface area contributed by atoms with Crippen LogP contribution in [0.15, 0.2) is 35.3 Å². The SMILES string of the molecule is CC(C)Oc1ncnc2ccc(N3CCN(Cc4ncoc4C(C)C)CC3)cc12. The van der Waals surface area contributed by atoms with Gasteiger partial charge in [0.05, 0.1) is 22.7 Å². The molecule has 7 nitrogen and oxygen atoms in total. The predicted octanol–water partition coefficient (Wildman–Crippen LogP) is 3.85. The maximum Gasteiger partial charge on any atom is 0.224 e. The molecule has 1 aliphatic rings. The molecule has 1 saturated heterocycles. The largest absolute Gasteiger partial charge is 0.474 e. The van der Waals surface area contributed by atoms with Gasteiger partial charge in [-0.25, -0.2) is 15.0 Å². The number of aromatic nitrogens is 3. The van der Waals surface area contributed by atoms with Crippen molar-refractivity contribution >= 4 is 16.6 Å². The van der Waals surface area contributed by atoms with E-state index >= 15 is 0 Å². The normalized spacial score (nSPS) is 15.6. The highest BCUT2D eigenvalue weighted by molar-refractivity contribution is 5.86. The van der Waals surface area contributed by atoms with Gasteiger partial charge in [-0.3, -0.25) is 4.90 Å². The molecule has 0 atom stereocenters. The van der Waals surface area contributed by atoms with Crippen molar-refractivity contribution in [3.63, 3.8) is 0 Å². The Labute approximate surface area is 171 Å².